The average molecular weight is 336 g/mol. The molecule has 25 heavy (non-hydrogen) atoms. The van der Waals surface area contributed by atoms with Gasteiger partial charge >= 0.3 is 0 Å². The number of aromatic nitrogens is 1. The third-order valence-electron chi connectivity index (χ3n) is 3.66. The van der Waals surface area contributed by atoms with E-state index in [1.807, 2.05) is 19.1 Å². The maximum Gasteiger partial charge on any atom is 0.255 e. The molecule has 5 heteroatoms. The van der Waals surface area contributed by atoms with Gasteiger partial charge in [0.2, 0.25) is 0 Å². The Labute approximate surface area is 145 Å². The molecule has 3 aromatic rings. The molecule has 126 valence electrons. The number of carbonyl (C=O) groups excluding carboxylic acids is 1. The maximum absolute atomic E-state index is 14.4. The zero-order valence-electron chi connectivity index (χ0n) is 13.8. The number of hydrogen-bond donors (Lipinski definition) is 1. The minimum absolute atomic E-state index is 0.0636. The van der Waals surface area contributed by atoms with Gasteiger partial charge in [0.15, 0.2) is 11.6 Å². The van der Waals surface area contributed by atoms with Crippen LogP contribution in [0.25, 0.3) is 10.9 Å². The minimum atomic E-state index is -0.615. The first-order valence-electron chi connectivity index (χ1n) is 7.79. The molecule has 1 N–H and O–H groups in total. The summed E-state index contributed by atoms with van der Waals surface area (Å²) in [5.41, 5.74) is 2.20. The molecular weight excluding hydrogens is 319 g/mol. The van der Waals surface area contributed by atoms with Crippen molar-refractivity contribution in [2.24, 2.45) is 0 Å². The second-order valence-electron chi connectivity index (χ2n) is 5.53. The summed E-state index contributed by atoms with van der Waals surface area (Å²) >= 11 is 0. The summed E-state index contributed by atoms with van der Waals surface area (Å²) in [5, 5.41) is 3.43. The summed E-state index contributed by atoms with van der Waals surface area (Å²) in [7, 11) is 0. The Hall–Kier alpha value is -3.21. The fraction of sp³-hybridized carbons (Fsp3) is 0.100. The van der Waals surface area contributed by atoms with Gasteiger partial charge in [-0.05, 0) is 43.3 Å². The van der Waals surface area contributed by atoms with Crippen molar-refractivity contribution < 1.29 is 13.9 Å². The van der Waals surface area contributed by atoms with Crippen molar-refractivity contribution in [1.29, 1.82) is 0 Å². The molecule has 1 heterocycles. The van der Waals surface area contributed by atoms with Gasteiger partial charge < -0.3 is 10.1 Å². The highest BCUT2D eigenvalue weighted by atomic mass is 19.1. The molecule has 1 amide bonds. The molecule has 0 aliphatic rings. The summed E-state index contributed by atoms with van der Waals surface area (Å²) in [6.07, 6.45) is 1.52. The van der Waals surface area contributed by atoms with Gasteiger partial charge in [0.25, 0.3) is 5.91 Å². The van der Waals surface area contributed by atoms with Crippen LogP contribution in [0.4, 0.5) is 10.1 Å². The molecule has 0 radical (unpaired) electrons. The van der Waals surface area contributed by atoms with Crippen molar-refractivity contribution >= 4 is 22.5 Å². The summed E-state index contributed by atoms with van der Waals surface area (Å²) in [6, 6.07) is 13.6. The number of fused-ring (bicyclic) bond motifs is 1. The van der Waals surface area contributed by atoms with Gasteiger partial charge in [-0.2, -0.15) is 0 Å². The lowest BCUT2D eigenvalue weighted by Crippen LogP contribution is -2.13. The van der Waals surface area contributed by atoms with E-state index in [1.165, 1.54) is 18.2 Å². The first-order chi connectivity index (χ1) is 12.1. The normalized spacial score (nSPS) is 10.5. The van der Waals surface area contributed by atoms with E-state index < -0.39 is 11.7 Å². The average Bonchev–Trinajstić information content (AvgIpc) is 2.62. The van der Waals surface area contributed by atoms with E-state index in [9.17, 15) is 9.18 Å². The number of anilines is 1. The summed E-state index contributed by atoms with van der Waals surface area (Å²) in [6.45, 7) is 5.62. The van der Waals surface area contributed by atoms with Crippen LogP contribution in [0.2, 0.25) is 0 Å². The summed E-state index contributed by atoms with van der Waals surface area (Å²) < 4.78 is 19.6. The molecule has 0 saturated carbocycles. The van der Waals surface area contributed by atoms with Crippen LogP contribution in [0.5, 0.6) is 5.75 Å². The third kappa shape index (κ3) is 3.66. The molecule has 0 atom stereocenters. The highest BCUT2D eigenvalue weighted by molar-refractivity contribution is 6.06. The van der Waals surface area contributed by atoms with Crippen LogP contribution in [0.3, 0.4) is 0 Å². The number of nitrogens with zero attached hydrogens (tertiary/aromatic N) is 1. The molecule has 0 spiro atoms. The Morgan fingerprint density at radius 1 is 1.28 bits per heavy atom. The van der Waals surface area contributed by atoms with E-state index in [-0.39, 0.29) is 18.0 Å². The number of halogens is 1. The minimum Gasteiger partial charge on any atom is -0.486 e. The number of pyridine rings is 1. The molecule has 2 aromatic carbocycles. The second kappa shape index (κ2) is 7.13. The number of ether oxygens (including phenoxy) is 1. The zero-order chi connectivity index (χ0) is 17.8. The summed E-state index contributed by atoms with van der Waals surface area (Å²) in [4.78, 5) is 16.8. The predicted molar refractivity (Wildman–Crippen MR) is 96.5 cm³/mol. The number of carbonyl (C=O) groups is 1. The van der Waals surface area contributed by atoms with Crippen molar-refractivity contribution in [3.8, 4) is 5.75 Å². The number of amides is 1. The number of aryl methyl sites for hydroxylation is 1. The molecule has 0 aliphatic heterocycles. The SMILES string of the molecule is C=CCOc1cccc(NC(=O)c2ccc3nc(C)ccc3c2)c1F. The van der Waals surface area contributed by atoms with E-state index in [0.29, 0.717) is 5.56 Å². The van der Waals surface area contributed by atoms with Gasteiger partial charge in [-0.15, -0.1) is 0 Å². The highest BCUT2D eigenvalue weighted by Crippen LogP contribution is 2.25. The monoisotopic (exact) mass is 336 g/mol. The Morgan fingerprint density at radius 3 is 2.92 bits per heavy atom. The zero-order valence-corrected chi connectivity index (χ0v) is 13.8. The largest absolute Gasteiger partial charge is 0.486 e. The van der Waals surface area contributed by atoms with E-state index in [0.717, 1.165) is 16.6 Å². The van der Waals surface area contributed by atoms with Gasteiger partial charge in [0.05, 0.1) is 11.2 Å². The Balaban J connectivity index is 1.85. The first kappa shape index (κ1) is 16.6. The van der Waals surface area contributed by atoms with Gasteiger partial charge in [-0.3, -0.25) is 9.78 Å². The molecule has 3 rings (SSSR count). The Kier molecular flexibility index (Phi) is 4.75. The Morgan fingerprint density at radius 2 is 2.12 bits per heavy atom. The third-order valence-corrected chi connectivity index (χ3v) is 3.66. The predicted octanol–water partition coefficient (Wildman–Crippen LogP) is 4.50. The van der Waals surface area contributed by atoms with Gasteiger partial charge in [0.1, 0.15) is 6.61 Å². The van der Waals surface area contributed by atoms with Gasteiger partial charge in [-0.1, -0.05) is 24.8 Å². The first-order valence-corrected chi connectivity index (χ1v) is 7.79. The van der Waals surface area contributed by atoms with Crippen LogP contribution in [-0.2, 0) is 0 Å². The fourth-order valence-electron chi connectivity index (χ4n) is 2.43. The smallest absolute Gasteiger partial charge is 0.255 e. The van der Waals surface area contributed by atoms with Crippen molar-refractivity contribution in [2.45, 2.75) is 6.92 Å². The number of hydrogen-bond acceptors (Lipinski definition) is 3. The molecule has 4 nitrogen and oxygen atoms in total. The molecule has 0 fully saturated rings. The lowest BCUT2D eigenvalue weighted by Gasteiger charge is -2.10. The second-order valence-corrected chi connectivity index (χ2v) is 5.53. The van der Waals surface area contributed by atoms with Crippen molar-refractivity contribution in [3.05, 3.63) is 78.3 Å². The number of nitrogens with one attached hydrogen (secondary N) is 1. The van der Waals surface area contributed by atoms with E-state index in [4.69, 9.17) is 4.74 Å². The van der Waals surface area contributed by atoms with Crippen LogP contribution >= 0.6 is 0 Å². The molecule has 1 aromatic heterocycles. The van der Waals surface area contributed by atoms with E-state index in [1.54, 1.807) is 24.3 Å². The van der Waals surface area contributed by atoms with Crippen LogP contribution in [-0.4, -0.2) is 17.5 Å². The van der Waals surface area contributed by atoms with Crippen LogP contribution in [0.15, 0.2) is 61.2 Å². The molecule has 0 bridgehead atoms. The standard InChI is InChI=1S/C20H17FN2O2/c1-3-11-25-18-6-4-5-17(19(18)21)23-20(24)15-9-10-16-14(12-15)8-7-13(2)22-16/h3-10,12H,1,11H2,2H3,(H,23,24). The molecule has 0 unspecified atom stereocenters. The molecular formula is C20H17FN2O2. The Bertz CT molecular complexity index is 954. The van der Waals surface area contributed by atoms with E-state index in [2.05, 4.69) is 16.9 Å². The fourth-order valence-corrected chi connectivity index (χ4v) is 2.43. The van der Waals surface area contributed by atoms with Crippen molar-refractivity contribution in [3.63, 3.8) is 0 Å². The highest BCUT2D eigenvalue weighted by Gasteiger charge is 2.13. The summed E-state index contributed by atoms with van der Waals surface area (Å²) in [5.74, 6) is -0.950. The van der Waals surface area contributed by atoms with E-state index >= 15 is 0 Å². The topological polar surface area (TPSA) is 51.2 Å². The molecule has 0 saturated heterocycles. The number of rotatable bonds is 5. The lowest BCUT2D eigenvalue weighted by atomic mass is 10.1. The van der Waals surface area contributed by atoms with Crippen LogP contribution < -0.4 is 10.1 Å². The lowest BCUT2D eigenvalue weighted by molar-refractivity contribution is 0.102. The van der Waals surface area contributed by atoms with Gasteiger partial charge in [-0.25, -0.2) is 4.39 Å². The quantitative estimate of drug-likeness (QED) is 0.698. The van der Waals surface area contributed by atoms with Crippen molar-refractivity contribution in [2.75, 3.05) is 11.9 Å². The number of benzene rings is 2. The van der Waals surface area contributed by atoms with Crippen molar-refractivity contribution in [1.82, 2.24) is 4.98 Å². The van der Waals surface area contributed by atoms with Gasteiger partial charge in [0, 0.05) is 16.6 Å². The maximum atomic E-state index is 14.4. The van der Waals surface area contributed by atoms with Crippen LogP contribution in [0.1, 0.15) is 16.1 Å². The van der Waals surface area contributed by atoms with Crippen LogP contribution in [0, 0.1) is 12.7 Å². The molecule has 0 aliphatic carbocycles.